The van der Waals surface area contributed by atoms with E-state index >= 15 is 0 Å². The lowest BCUT2D eigenvalue weighted by molar-refractivity contribution is -0.137. The molecule has 38 heavy (non-hydrogen) atoms. The lowest BCUT2D eigenvalue weighted by Gasteiger charge is -2.20. The first-order chi connectivity index (χ1) is 17.6. The van der Waals surface area contributed by atoms with Crippen molar-refractivity contribution in [3.63, 3.8) is 0 Å². The van der Waals surface area contributed by atoms with Gasteiger partial charge in [-0.2, -0.15) is 13.2 Å². The number of nitrogens with one attached hydrogen (secondary N) is 2. The van der Waals surface area contributed by atoms with Crippen molar-refractivity contribution in [2.75, 3.05) is 11.6 Å². The molecule has 0 unspecified atom stereocenters. The van der Waals surface area contributed by atoms with Gasteiger partial charge in [0.15, 0.2) is 9.84 Å². The maximum Gasteiger partial charge on any atom is 0.416 e. The summed E-state index contributed by atoms with van der Waals surface area (Å²) in [5, 5.41) is 3.89. The molecular weight excluding hydrogens is 555 g/mol. The third-order valence-electron chi connectivity index (χ3n) is 6.13. The minimum absolute atomic E-state index is 0.0612. The van der Waals surface area contributed by atoms with E-state index in [1.54, 1.807) is 0 Å². The lowest BCUT2D eigenvalue weighted by Crippen LogP contribution is -2.21. The van der Waals surface area contributed by atoms with E-state index in [4.69, 9.17) is 11.6 Å². The maximum atomic E-state index is 14.0. The van der Waals surface area contributed by atoms with E-state index in [2.05, 4.69) is 10.6 Å². The zero-order chi connectivity index (χ0) is 28.2. The highest BCUT2D eigenvalue weighted by molar-refractivity contribution is 7.90. The van der Waals surface area contributed by atoms with Gasteiger partial charge in [-0.1, -0.05) is 11.6 Å². The molecule has 4 rings (SSSR count). The van der Waals surface area contributed by atoms with Crippen LogP contribution in [-0.2, 0) is 16.0 Å². The van der Waals surface area contributed by atoms with Gasteiger partial charge in [0.05, 0.1) is 16.9 Å². The molecule has 200 valence electrons. The lowest BCUT2D eigenvalue weighted by atomic mass is 9.93. The second kappa shape index (κ2) is 9.66. The Morgan fingerprint density at radius 2 is 1.74 bits per heavy atom. The third-order valence-corrected chi connectivity index (χ3v) is 8.03. The van der Waals surface area contributed by atoms with Gasteiger partial charge in [0, 0.05) is 39.2 Å². The monoisotopic (exact) mass is 572 g/mol. The second-order valence-corrected chi connectivity index (χ2v) is 11.5. The standard InChI is InChI=1S/C25H18ClF5N2O4S/c1-11(38(2,36)37)12-7-18-21(22(33-24(18)35)17-10-15(27)3-4-19(17)26)20(8-12)32-23(34)13-5-14(25(29,30)31)9-16(28)6-13/h3-11,22H,1-2H3,(H,32,34)(H,33,35)/t11-,22+/m0/s1. The average Bonchev–Trinajstić information content (AvgIpc) is 3.15. The van der Waals surface area contributed by atoms with Crippen molar-refractivity contribution < 1.29 is 40.0 Å². The summed E-state index contributed by atoms with van der Waals surface area (Å²) in [4.78, 5) is 25.9. The molecule has 3 aromatic carbocycles. The summed E-state index contributed by atoms with van der Waals surface area (Å²) in [5.41, 5.74) is -2.00. The molecule has 0 radical (unpaired) electrons. The number of fused-ring (bicyclic) bond motifs is 1. The molecule has 0 bridgehead atoms. The summed E-state index contributed by atoms with van der Waals surface area (Å²) < 4.78 is 91.9. The number of alkyl halides is 3. The summed E-state index contributed by atoms with van der Waals surface area (Å²) in [6, 6.07) is 6.11. The maximum absolute atomic E-state index is 14.0. The van der Waals surface area contributed by atoms with Crippen molar-refractivity contribution >= 4 is 38.9 Å². The Kier molecular flexibility index (Phi) is 7.00. The van der Waals surface area contributed by atoms with Gasteiger partial charge < -0.3 is 10.6 Å². The van der Waals surface area contributed by atoms with E-state index < -0.39 is 61.9 Å². The zero-order valence-electron chi connectivity index (χ0n) is 19.6. The van der Waals surface area contributed by atoms with Crippen LogP contribution in [0.2, 0.25) is 5.02 Å². The van der Waals surface area contributed by atoms with Gasteiger partial charge >= 0.3 is 6.18 Å². The normalized spacial score (nSPS) is 16.1. The minimum Gasteiger partial charge on any atom is -0.341 e. The molecule has 2 atom stereocenters. The molecule has 13 heteroatoms. The smallest absolute Gasteiger partial charge is 0.341 e. The molecule has 1 heterocycles. The number of carbonyl (C=O) groups excluding carboxylic acids is 2. The zero-order valence-corrected chi connectivity index (χ0v) is 21.2. The van der Waals surface area contributed by atoms with Crippen molar-refractivity contribution in [3.8, 4) is 0 Å². The number of halogens is 6. The minimum atomic E-state index is -4.93. The third kappa shape index (κ3) is 5.37. The Balaban J connectivity index is 1.89. The van der Waals surface area contributed by atoms with Crippen molar-refractivity contribution in [2.24, 2.45) is 0 Å². The number of hydrogen-bond acceptors (Lipinski definition) is 4. The Hall–Kier alpha value is -3.51. The van der Waals surface area contributed by atoms with Crippen molar-refractivity contribution in [3.05, 3.63) is 98.6 Å². The number of amides is 2. The van der Waals surface area contributed by atoms with Crippen LogP contribution < -0.4 is 10.6 Å². The largest absolute Gasteiger partial charge is 0.416 e. The Labute approximate surface area is 218 Å². The summed E-state index contributed by atoms with van der Waals surface area (Å²) in [6.45, 7) is 1.35. The summed E-state index contributed by atoms with van der Waals surface area (Å²) in [7, 11) is -3.68. The number of hydrogen-bond donors (Lipinski definition) is 2. The molecule has 6 nitrogen and oxygen atoms in total. The predicted molar refractivity (Wildman–Crippen MR) is 130 cm³/mol. The Morgan fingerprint density at radius 1 is 1.05 bits per heavy atom. The first-order valence-electron chi connectivity index (χ1n) is 10.9. The van der Waals surface area contributed by atoms with E-state index in [1.165, 1.54) is 25.1 Å². The molecular formula is C25H18ClF5N2O4S. The SMILES string of the molecule is C[C@@H](c1cc(NC(=O)c2cc(F)cc(C(F)(F)F)c2)c2c(c1)C(=O)N[C@@H]2c1cc(F)ccc1Cl)S(C)(=O)=O. The average molecular weight is 573 g/mol. The second-order valence-electron chi connectivity index (χ2n) is 8.75. The quantitative estimate of drug-likeness (QED) is 0.377. The molecule has 3 aromatic rings. The van der Waals surface area contributed by atoms with E-state index in [0.29, 0.717) is 12.1 Å². The molecule has 2 N–H and O–H groups in total. The van der Waals surface area contributed by atoms with Crippen LogP contribution in [0, 0.1) is 11.6 Å². The Bertz CT molecular complexity index is 1590. The van der Waals surface area contributed by atoms with Crippen LogP contribution >= 0.6 is 11.6 Å². The molecule has 0 saturated heterocycles. The van der Waals surface area contributed by atoms with Crippen molar-refractivity contribution in [2.45, 2.75) is 24.4 Å². The molecule has 0 aliphatic carbocycles. The van der Waals surface area contributed by atoms with E-state index in [0.717, 1.165) is 18.4 Å². The molecule has 2 amide bonds. The van der Waals surface area contributed by atoms with Gasteiger partial charge in [0.2, 0.25) is 0 Å². The first-order valence-corrected chi connectivity index (χ1v) is 13.2. The summed E-state index contributed by atoms with van der Waals surface area (Å²) in [6.07, 6.45) is -3.97. The van der Waals surface area contributed by atoms with Crippen LogP contribution in [-0.4, -0.2) is 26.5 Å². The molecule has 0 saturated carbocycles. The number of benzene rings is 3. The van der Waals surface area contributed by atoms with Gasteiger partial charge in [0.25, 0.3) is 11.8 Å². The number of rotatable bonds is 5. The number of carbonyl (C=O) groups is 2. The highest BCUT2D eigenvalue weighted by Gasteiger charge is 2.36. The number of sulfone groups is 1. The summed E-state index contributed by atoms with van der Waals surface area (Å²) >= 11 is 6.23. The van der Waals surface area contributed by atoms with E-state index in [1.807, 2.05) is 0 Å². The van der Waals surface area contributed by atoms with Crippen molar-refractivity contribution in [1.82, 2.24) is 5.32 Å². The summed E-state index contributed by atoms with van der Waals surface area (Å²) in [5.74, 6) is -3.84. The highest BCUT2D eigenvalue weighted by Crippen LogP contribution is 2.42. The van der Waals surface area contributed by atoms with Crippen LogP contribution in [0.25, 0.3) is 0 Å². The first kappa shape index (κ1) is 27.5. The fourth-order valence-electron chi connectivity index (χ4n) is 4.09. The fraction of sp³-hybridized carbons (Fsp3) is 0.200. The van der Waals surface area contributed by atoms with E-state index in [-0.39, 0.29) is 39.0 Å². The fourth-order valence-corrected chi connectivity index (χ4v) is 4.95. The molecule has 0 aromatic heterocycles. The molecule has 1 aliphatic rings. The highest BCUT2D eigenvalue weighted by atomic mass is 35.5. The predicted octanol–water partition coefficient (Wildman–Crippen LogP) is 5.83. The van der Waals surface area contributed by atoms with Crippen LogP contribution in [0.3, 0.4) is 0 Å². The van der Waals surface area contributed by atoms with Crippen LogP contribution in [0.15, 0.2) is 48.5 Å². The number of anilines is 1. The van der Waals surface area contributed by atoms with Gasteiger partial charge in [-0.15, -0.1) is 0 Å². The van der Waals surface area contributed by atoms with Gasteiger partial charge in [-0.05, 0) is 61.0 Å². The van der Waals surface area contributed by atoms with Crippen LogP contribution in [0.1, 0.15) is 61.2 Å². The van der Waals surface area contributed by atoms with Gasteiger partial charge in [-0.25, -0.2) is 17.2 Å². The van der Waals surface area contributed by atoms with Gasteiger partial charge in [0.1, 0.15) is 11.6 Å². The van der Waals surface area contributed by atoms with Crippen LogP contribution in [0.5, 0.6) is 0 Å². The van der Waals surface area contributed by atoms with Crippen molar-refractivity contribution in [1.29, 1.82) is 0 Å². The molecule has 1 aliphatic heterocycles. The Morgan fingerprint density at radius 3 is 2.37 bits per heavy atom. The topological polar surface area (TPSA) is 92.3 Å². The van der Waals surface area contributed by atoms with Gasteiger partial charge in [-0.3, -0.25) is 9.59 Å². The van der Waals surface area contributed by atoms with Crippen LogP contribution in [0.4, 0.5) is 27.6 Å². The van der Waals surface area contributed by atoms with E-state index in [9.17, 15) is 40.0 Å². The molecule has 0 fully saturated rings. The molecule has 0 spiro atoms.